The first-order valence-electron chi connectivity index (χ1n) is 10.4. The smallest absolute Gasteiger partial charge is 0.254 e. The number of amides is 2. The van der Waals surface area contributed by atoms with Crippen molar-refractivity contribution in [1.82, 2.24) is 10.2 Å². The summed E-state index contributed by atoms with van der Waals surface area (Å²) < 4.78 is 5.27. The number of methoxy groups -OCH3 is 1. The van der Waals surface area contributed by atoms with Gasteiger partial charge in [0.2, 0.25) is 5.91 Å². The zero-order valence-electron chi connectivity index (χ0n) is 17.7. The predicted octanol–water partition coefficient (Wildman–Crippen LogP) is 4.30. The summed E-state index contributed by atoms with van der Waals surface area (Å²) >= 11 is 1.57. The molecule has 5 nitrogen and oxygen atoms in total. The molecule has 160 valence electrons. The van der Waals surface area contributed by atoms with Crippen molar-refractivity contribution in [3.63, 3.8) is 0 Å². The number of hydrogen-bond acceptors (Lipinski definition) is 4. The summed E-state index contributed by atoms with van der Waals surface area (Å²) in [5.41, 5.74) is 3.59. The third kappa shape index (κ3) is 4.40. The van der Waals surface area contributed by atoms with Gasteiger partial charge in [0.05, 0.1) is 18.6 Å². The molecule has 0 saturated carbocycles. The Balaban J connectivity index is 1.70. The minimum atomic E-state index is -0.491. The molecule has 0 fully saturated rings. The molecule has 0 spiro atoms. The summed E-state index contributed by atoms with van der Waals surface area (Å²) in [6, 6.07) is 19.2. The first-order chi connectivity index (χ1) is 15.1. The van der Waals surface area contributed by atoms with Crippen molar-refractivity contribution < 1.29 is 14.3 Å². The van der Waals surface area contributed by atoms with Crippen LogP contribution in [0, 0.1) is 6.92 Å². The minimum Gasteiger partial charge on any atom is -0.383 e. The fraction of sp³-hybridized carbons (Fsp3) is 0.280. The second kappa shape index (κ2) is 9.45. The summed E-state index contributed by atoms with van der Waals surface area (Å²) in [6.07, 6.45) is 0. The van der Waals surface area contributed by atoms with Crippen molar-refractivity contribution in [2.75, 3.05) is 20.3 Å². The Bertz CT molecular complexity index is 1050. The SMILES string of the molecule is COCCN1C(=O)c2ccccc2[C@H](C(=O)NCc2ccc(C)cc2)[C@H]1c1cccs1. The van der Waals surface area contributed by atoms with E-state index in [1.54, 1.807) is 23.3 Å². The van der Waals surface area contributed by atoms with Crippen LogP contribution in [-0.2, 0) is 16.1 Å². The summed E-state index contributed by atoms with van der Waals surface area (Å²) in [5.74, 6) is -0.634. The molecule has 2 amide bonds. The number of carbonyl (C=O) groups is 2. The third-order valence-electron chi connectivity index (χ3n) is 5.68. The van der Waals surface area contributed by atoms with Crippen LogP contribution in [0.15, 0.2) is 66.0 Å². The Labute approximate surface area is 186 Å². The highest BCUT2D eigenvalue weighted by Crippen LogP contribution is 2.44. The van der Waals surface area contributed by atoms with Crippen molar-refractivity contribution in [2.24, 2.45) is 0 Å². The highest BCUT2D eigenvalue weighted by atomic mass is 32.1. The van der Waals surface area contributed by atoms with E-state index in [-0.39, 0.29) is 17.9 Å². The zero-order chi connectivity index (χ0) is 21.8. The lowest BCUT2D eigenvalue weighted by molar-refractivity contribution is -0.124. The van der Waals surface area contributed by atoms with Gasteiger partial charge in [-0.05, 0) is 35.6 Å². The van der Waals surface area contributed by atoms with Crippen LogP contribution < -0.4 is 5.32 Å². The average Bonchev–Trinajstić information content (AvgIpc) is 3.32. The molecule has 31 heavy (non-hydrogen) atoms. The van der Waals surface area contributed by atoms with E-state index in [1.165, 1.54) is 5.56 Å². The highest BCUT2D eigenvalue weighted by Gasteiger charge is 2.44. The van der Waals surface area contributed by atoms with E-state index in [0.717, 1.165) is 16.0 Å². The maximum absolute atomic E-state index is 13.6. The first kappa shape index (κ1) is 21.3. The first-order valence-corrected chi connectivity index (χ1v) is 11.2. The monoisotopic (exact) mass is 434 g/mol. The largest absolute Gasteiger partial charge is 0.383 e. The van der Waals surface area contributed by atoms with Crippen molar-refractivity contribution in [1.29, 1.82) is 0 Å². The van der Waals surface area contributed by atoms with E-state index >= 15 is 0 Å². The summed E-state index contributed by atoms with van der Waals surface area (Å²) in [7, 11) is 1.62. The standard InChI is InChI=1S/C25H26N2O3S/c1-17-9-11-18(12-10-17)16-26-24(28)22-19-6-3-4-7-20(19)25(29)27(13-14-30-2)23(22)21-8-5-15-31-21/h3-12,15,22-23H,13-14,16H2,1-2H3,(H,26,28)/t22-,23+/m0/s1. The van der Waals surface area contributed by atoms with Crippen LogP contribution in [-0.4, -0.2) is 37.0 Å². The second-order valence-electron chi connectivity index (χ2n) is 7.72. The number of fused-ring (bicyclic) bond motifs is 1. The lowest BCUT2D eigenvalue weighted by atomic mass is 9.81. The molecule has 0 unspecified atom stereocenters. The maximum atomic E-state index is 13.6. The van der Waals surface area contributed by atoms with Crippen LogP contribution in [0.1, 0.15) is 43.9 Å². The van der Waals surface area contributed by atoms with Gasteiger partial charge in [-0.3, -0.25) is 9.59 Å². The quantitative estimate of drug-likeness (QED) is 0.603. The fourth-order valence-electron chi connectivity index (χ4n) is 4.09. The summed E-state index contributed by atoms with van der Waals surface area (Å²) in [5, 5.41) is 5.09. The molecule has 2 heterocycles. The molecule has 0 saturated heterocycles. The number of hydrogen-bond donors (Lipinski definition) is 1. The van der Waals surface area contributed by atoms with E-state index in [1.807, 2.05) is 73.0 Å². The molecule has 1 aliphatic rings. The van der Waals surface area contributed by atoms with Crippen molar-refractivity contribution >= 4 is 23.2 Å². The Kier molecular flexibility index (Phi) is 6.49. The number of aryl methyl sites for hydroxylation is 1. The van der Waals surface area contributed by atoms with Crippen molar-refractivity contribution in [3.05, 3.63) is 93.2 Å². The molecule has 0 aliphatic carbocycles. The molecule has 0 radical (unpaired) electrons. The molecular weight excluding hydrogens is 408 g/mol. The van der Waals surface area contributed by atoms with Crippen LogP contribution in [0.25, 0.3) is 0 Å². The Morgan fingerprint density at radius 1 is 1.10 bits per heavy atom. The van der Waals surface area contributed by atoms with E-state index in [9.17, 15) is 9.59 Å². The van der Waals surface area contributed by atoms with E-state index in [4.69, 9.17) is 4.74 Å². The van der Waals surface area contributed by atoms with Gasteiger partial charge < -0.3 is 15.0 Å². The van der Waals surface area contributed by atoms with Crippen molar-refractivity contribution in [2.45, 2.75) is 25.4 Å². The lowest BCUT2D eigenvalue weighted by Gasteiger charge is -2.41. The molecule has 3 aromatic rings. The van der Waals surface area contributed by atoms with Gasteiger partial charge in [0, 0.05) is 30.6 Å². The van der Waals surface area contributed by atoms with E-state index in [0.29, 0.717) is 25.3 Å². The van der Waals surface area contributed by atoms with Gasteiger partial charge in [0.25, 0.3) is 5.91 Å². The molecule has 0 bridgehead atoms. The number of rotatable bonds is 7. The number of nitrogens with one attached hydrogen (secondary N) is 1. The molecule has 2 atom stereocenters. The van der Waals surface area contributed by atoms with Gasteiger partial charge in [0.1, 0.15) is 0 Å². The van der Waals surface area contributed by atoms with Gasteiger partial charge in [-0.15, -0.1) is 11.3 Å². The van der Waals surface area contributed by atoms with E-state index in [2.05, 4.69) is 5.32 Å². The molecule has 1 aromatic heterocycles. The Hall–Kier alpha value is -2.96. The number of nitrogens with zero attached hydrogens (tertiary/aromatic N) is 1. The Morgan fingerprint density at radius 3 is 2.58 bits per heavy atom. The lowest BCUT2D eigenvalue weighted by Crippen LogP contribution is -2.48. The van der Waals surface area contributed by atoms with Crippen molar-refractivity contribution in [3.8, 4) is 0 Å². The predicted molar refractivity (Wildman–Crippen MR) is 122 cm³/mol. The summed E-state index contributed by atoms with van der Waals surface area (Å²) in [6.45, 7) is 3.32. The normalized spacial score (nSPS) is 18.0. The topological polar surface area (TPSA) is 58.6 Å². The average molecular weight is 435 g/mol. The van der Waals surface area contributed by atoms with Gasteiger partial charge in [0.15, 0.2) is 0 Å². The minimum absolute atomic E-state index is 0.0614. The number of thiophene rings is 1. The van der Waals surface area contributed by atoms with E-state index < -0.39 is 5.92 Å². The molecule has 6 heteroatoms. The van der Waals surface area contributed by atoms with Crippen LogP contribution >= 0.6 is 11.3 Å². The van der Waals surface area contributed by atoms with Gasteiger partial charge >= 0.3 is 0 Å². The van der Waals surface area contributed by atoms with Crippen LogP contribution in [0.3, 0.4) is 0 Å². The number of carbonyl (C=O) groups excluding carboxylic acids is 2. The molecule has 4 rings (SSSR count). The number of benzene rings is 2. The van der Waals surface area contributed by atoms with Gasteiger partial charge in [-0.2, -0.15) is 0 Å². The maximum Gasteiger partial charge on any atom is 0.254 e. The number of ether oxygens (including phenoxy) is 1. The van der Waals surface area contributed by atoms with Crippen LogP contribution in [0.2, 0.25) is 0 Å². The molecule has 1 N–H and O–H groups in total. The van der Waals surface area contributed by atoms with Gasteiger partial charge in [-0.1, -0.05) is 54.1 Å². The van der Waals surface area contributed by atoms with Gasteiger partial charge in [-0.25, -0.2) is 0 Å². The molecular formula is C25H26N2O3S. The highest BCUT2D eigenvalue weighted by molar-refractivity contribution is 7.10. The third-order valence-corrected chi connectivity index (χ3v) is 6.62. The van der Waals surface area contributed by atoms with Crippen LogP contribution in [0.5, 0.6) is 0 Å². The molecule has 1 aliphatic heterocycles. The Morgan fingerprint density at radius 2 is 1.87 bits per heavy atom. The zero-order valence-corrected chi connectivity index (χ0v) is 18.5. The van der Waals surface area contributed by atoms with Crippen LogP contribution in [0.4, 0.5) is 0 Å². The second-order valence-corrected chi connectivity index (χ2v) is 8.70. The summed E-state index contributed by atoms with van der Waals surface area (Å²) in [4.78, 5) is 29.7. The fourth-order valence-corrected chi connectivity index (χ4v) is 4.97. The molecule has 2 aromatic carbocycles.